The lowest BCUT2D eigenvalue weighted by Crippen LogP contribution is -2.41. The Hall–Kier alpha value is -0.450. The quantitative estimate of drug-likeness (QED) is 0.388. The van der Waals surface area contributed by atoms with Crippen molar-refractivity contribution in [2.45, 2.75) is 6.17 Å². The molecule has 1 aromatic carbocycles. The van der Waals surface area contributed by atoms with Crippen molar-refractivity contribution in [2.75, 3.05) is 8.86 Å². The highest BCUT2D eigenvalue weighted by Gasteiger charge is 2.15. The van der Waals surface area contributed by atoms with Gasteiger partial charge in [0.2, 0.25) is 11.8 Å². The summed E-state index contributed by atoms with van der Waals surface area (Å²) in [5.74, 6) is -0.754. The lowest BCUT2D eigenvalue weighted by molar-refractivity contribution is -0.121. The van der Waals surface area contributed by atoms with Crippen LogP contribution in [0, 0.1) is 5.82 Å². The summed E-state index contributed by atoms with van der Waals surface area (Å²) in [5.41, 5.74) is 0.632. The molecule has 0 aliphatic heterocycles. The lowest BCUT2D eigenvalue weighted by atomic mass is 10.1. The van der Waals surface area contributed by atoms with Crippen molar-refractivity contribution in [1.82, 2.24) is 10.6 Å². The van der Waals surface area contributed by atoms with Crippen LogP contribution in [-0.4, -0.2) is 20.7 Å². The van der Waals surface area contributed by atoms with Crippen LogP contribution in [0.5, 0.6) is 0 Å². The minimum Gasteiger partial charge on any atom is -0.331 e. The average molecular weight is 476 g/mol. The summed E-state index contributed by atoms with van der Waals surface area (Å²) in [6.45, 7) is 0. The third-order valence-corrected chi connectivity index (χ3v) is 3.44. The number of benzene rings is 1. The van der Waals surface area contributed by atoms with E-state index in [1.54, 1.807) is 0 Å². The third kappa shape index (κ3) is 5.04. The summed E-state index contributed by atoms with van der Waals surface area (Å²) in [7, 11) is 0. The van der Waals surface area contributed by atoms with Crippen LogP contribution >= 0.6 is 45.2 Å². The Bertz CT molecular complexity index is 408. The van der Waals surface area contributed by atoms with Gasteiger partial charge in [-0.1, -0.05) is 57.3 Å². The number of hydrogen-bond donors (Lipinski definition) is 2. The molecule has 0 aliphatic rings. The Kier molecular flexibility index (Phi) is 6.82. The summed E-state index contributed by atoms with van der Waals surface area (Å²) < 4.78 is 13.4. The van der Waals surface area contributed by atoms with Gasteiger partial charge in [0.25, 0.3) is 0 Å². The van der Waals surface area contributed by atoms with E-state index in [0.29, 0.717) is 5.56 Å². The average Bonchev–Trinajstić information content (AvgIpc) is 2.38. The molecule has 0 heterocycles. The zero-order valence-electron chi connectivity index (χ0n) is 9.25. The number of halogens is 3. The molecule has 0 bridgehead atoms. The van der Waals surface area contributed by atoms with Crippen molar-refractivity contribution < 1.29 is 14.0 Å². The van der Waals surface area contributed by atoms with Gasteiger partial charge in [0.15, 0.2) is 0 Å². The van der Waals surface area contributed by atoms with Gasteiger partial charge in [0, 0.05) is 0 Å². The molecule has 0 radical (unpaired) electrons. The molecule has 0 aromatic heterocycles. The number of carbonyl (C=O) groups excluding carboxylic acids is 2. The van der Waals surface area contributed by atoms with Crippen LogP contribution in [0.25, 0.3) is 0 Å². The minimum absolute atomic E-state index is 0.196. The first kappa shape index (κ1) is 15.6. The van der Waals surface area contributed by atoms with Crippen LogP contribution in [0.15, 0.2) is 24.3 Å². The van der Waals surface area contributed by atoms with E-state index in [1.165, 1.54) is 24.3 Å². The molecule has 0 saturated carbocycles. The topological polar surface area (TPSA) is 58.2 Å². The van der Waals surface area contributed by atoms with Crippen molar-refractivity contribution in [3.8, 4) is 0 Å². The number of nitrogens with one attached hydrogen (secondary N) is 2. The molecular formula is C11H11FI2N2O2. The van der Waals surface area contributed by atoms with Crippen molar-refractivity contribution in [1.29, 1.82) is 0 Å². The molecule has 0 unspecified atom stereocenters. The van der Waals surface area contributed by atoms with Crippen molar-refractivity contribution >= 4 is 57.0 Å². The lowest BCUT2D eigenvalue weighted by Gasteiger charge is -2.19. The first-order valence-electron chi connectivity index (χ1n) is 5.03. The van der Waals surface area contributed by atoms with E-state index in [4.69, 9.17) is 0 Å². The van der Waals surface area contributed by atoms with Gasteiger partial charge in [0.1, 0.15) is 12.0 Å². The molecule has 0 spiro atoms. The van der Waals surface area contributed by atoms with E-state index in [2.05, 4.69) is 10.6 Å². The standard InChI is InChI=1S/C11H11FI2N2O2/c12-8-3-1-7(2-4-8)11(15-9(17)5-13)16-10(18)6-14/h1-4,11H,5-6H2,(H,15,17)(H,16,18). The van der Waals surface area contributed by atoms with Crippen LogP contribution in [0.4, 0.5) is 4.39 Å². The maximum Gasteiger partial charge on any atom is 0.231 e. The van der Waals surface area contributed by atoms with Gasteiger partial charge in [-0.2, -0.15) is 0 Å². The highest BCUT2D eigenvalue weighted by molar-refractivity contribution is 14.1. The molecule has 4 nitrogen and oxygen atoms in total. The second-order valence-corrected chi connectivity index (χ2v) is 4.91. The van der Waals surface area contributed by atoms with Crippen LogP contribution in [0.1, 0.15) is 11.7 Å². The molecule has 0 atom stereocenters. The van der Waals surface area contributed by atoms with Gasteiger partial charge in [-0.05, 0) is 17.7 Å². The Morgan fingerprint density at radius 1 is 1.06 bits per heavy atom. The molecule has 98 valence electrons. The molecule has 1 aromatic rings. The zero-order chi connectivity index (χ0) is 13.5. The molecular weight excluding hydrogens is 465 g/mol. The molecule has 0 fully saturated rings. The summed E-state index contributed by atoms with van der Waals surface area (Å²) in [6.07, 6.45) is -0.630. The van der Waals surface area contributed by atoms with Gasteiger partial charge >= 0.3 is 0 Å². The fraction of sp³-hybridized carbons (Fsp3) is 0.273. The van der Waals surface area contributed by atoms with Crippen LogP contribution in [0.3, 0.4) is 0 Å². The maximum absolute atomic E-state index is 12.8. The largest absolute Gasteiger partial charge is 0.331 e. The van der Waals surface area contributed by atoms with Gasteiger partial charge in [0.05, 0.1) is 8.86 Å². The summed E-state index contributed by atoms with van der Waals surface area (Å²) >= 11 is 3.86. The summed E-state index contributed by atoms with van der Waals surface area (Å²) in [4.78, 5) is 22.8. The number of hydrogen-bond acceptors (Lipinski definition) is 2. The normalized spacial score (nSPS) is 10.2. The number of carbonyl (C=O) groups is 2. The Labute approximate surface area is 131 Å². The monoisotopic (exact) mass is 476 g/mol. The third-order valence-electron chi connectivity index (χ3n) is 2.06. The van der Waals surface area contributed by atoms with E-state index in [9.17, 15) is 14.0 Å². The summed E-state index contributed by atoms with van der Waals surface area (Å²) in [5, 5.41) is 5.33. The maximum atomic E-state index is 12.8. The fourth-order valence-electron chi connectivity index (χ4n) is 1.26. The predicted octanol–water partition coefficient (Wildman–Crippen LogP) is 1.93. The molecule has 7 heteroatoms. The first-order chi connectivity index (χ1) is 8.56. The van der Waals surface area contributed by atoms with Crippen LogP contribution in [-0.2, 0) is 9.59 Å². The van der Waals surface area contributed by atoms with Crippen molar-refractivity contribution in [3.05, 3.63) is 35.6 Å². The predicted molar refractivity (Wildman–Crippen MR) is 83.2 cm³/mol. The first-order valence-corrected chi connectivity index (χ1v) is 8.08. The van der Waals surface area contributed by atoms with Crippen molar-refractivity contribution in [2.24, 2.45) is 0 Å². The molecule has 1 rings (SSSR count). The Morgan fingerprint density at radius 2 is 1.50 bits per heavy atom. The number of alkyl halides is 2. The second kappa shape index (κ2) is 7.87. The highest BCUT2D eigenvalue weighted by atomic mass is 127. The van der Waals surface area contributed by atoms with E-state index < -0.39 is 6.17 Å². The highest BCUT2D eigenvalue weighted by Crippen LogP contribution is 2.11. The zero-order valence-corrected chi connectivity index (χ0v) is 13.6. The van der Waals surface area contributed by atoms with Crippen molar-refractivity contribution in [3.63, 3.8) is 0 Å². The van der Waals surface area contributed by atoms with E-state index >= 15 is 0 Å². The Balaban J connectivity index is 2.85. The van der Waals surface area contributed by atoms with E-state index in [0.717, 1.165) is 0 Å². The molecule has 18 heavy (non-hydrogen) atoms. The SMILES string of the molecule is O=C(CI)NC(NC(=O)CI)c1ccc(F)cc1. The fourth-order valence-corrected chi connectivity index (χ4v) is 1.70. The minimum atomic E-state index is -0.630. The molecule has 0 saturated heterocycles. The van der Waals surface area contributed by atoms with Gasteiger partial charge < -0.3 is 10.6 Å². The molecule has 2 N–H and O–H groups in total. The van der Waals surface area contributed by atoms with Gasteiger partial charge in [-0.3, -0.25) is 9.59 Å². The number of rotatable bonds is 5. The van der Waals surface area contributed by atoms with Crippen LogP contribution < -0.4 is 10.6 Å². The summed E-state index contributed by atoms with van der Waals surface area (Å²) in [6, 6.07) is 5.63. The molecule has 0 aliphatic carbocycles. The van der Waals surface area contributed by atoms with Gasteiger partial charge in [-0.25, -0.2) is 4.39 Å². The smallest absolute Gasteiger partial charge is 0.231 e. The Morgan fingerprint density at radius 3 is 1.89 bits per heavy atom. The van der Waals surface area contributed by atoms with Crippen LogP contribution in [0.2, 0.25) is 0 Å². The van der Waals surface area contributed by atoms with Gasteiger partial charge in [-0.15, -0.1) is 0 Å². The molecule has 2 amide bonds. The van der Waals surface area contributed by atoms with E-state index in [-0.39, 0.29) is 26.5 Å². The second-order valence-electron chi connectivity index (χ2n) is 3.39. The number of amides is 2. The van der Waals surface area contributed by atoms with E-state index in [1.807, 2.05) is 45.2 Å².